The Kier molecular flexibility index (Phi) is 2.18. The number of likely N-dealkylation sites (tertiary alicyclic amines) is 1. The second-order valence-corrected chi connectivity index (χ2v) is 3.46. The van der Waals surface area contributed by atoms with Gasteiger partial charge in [-0.15, -0.1) is 0 Å². The average Bonchev–Trinajstić information content (AvgIpc) is 2.44. The lowest BCUT2D eigenvalue weighted by atomic mass is 10.2. The number of hydrogen-bond acceptors (Lipinski definition) is 3. The monoisotopic (exact) mass is 207 g/mol. The SMILES string of the molecule is Cn1nc(C(N)=O)[c]c1C(=O)N1CCC1. The van der Waals surface area contributed by atoms with Crippen LogP contribution in [0.1, 0.15) is 27.4 Å². The van der Waals surface area contributed by atoms with Gasteiger partial charge in [0.25, 0.3) is 11.8 Å². The summed E-state index contributed by atoms with van der Waals surface area (Å²) >= 11 is 0. The summed E-state index contributed by atoms with van der Waals surface area (Å²) in [4.78, 5) is 24.3. The van der Waals surface area contributed by atoms with Gasteiger partial charge in [0.15, 0.2) is 5.69 Å². The molecule has 1 aliphatic heterocycles. The zero-order chi connectivity index (χ0) is 11.0. The van der Waals surface area contributed by atoms with Crippen LogP contribution in [0.2, 0.25) is 0 Å². The van der Waals surface area contributed by atoms with Crippen LogP contribution in [0.3, 0.4) is 0 Å². The Bertz CT molecular complexity index is 420. The van der Waals surface area contributed by atoms with Crippen LogP contribution in [0.25, 0.3) is 0 Å². The molecule has 1 fully saturated rings. The molecule has 2 amide bonds. The number of carbonyl (C=O) groups is 2. The van der Waals surface area contributed by atoms with Crippen LogP contribution in [0.5, 0.6) is 0 Å². The number of hydrogen-bond donors (Lipinski definition) is 1. The highest BCUT2D eigenvalue weighted by Gasteiger charge is 2.25. The molecule has 2 heterocycles. The molecular weight excluding hydrogens is 196 g/mol. The Labute approximate surface area is 86.6 Å². The van der Waals surface area contributed by atoms with E-state index in [9.17, 15) is 9.59 Å². The summed E-state index contributed by atoms with van der Waals surface area (Å²) in [6.45, 7) is 1.51. The standard InChI is InChI=1S/C9H11N4O2/c1-12-7(5-6(11-12)8(10)14)9(15)13-3-2-4-13/h2-4H2,1H3,(H2,10,14). The van der Waals surface area contributed by atoms with Crippen molar-refractivity contribution in [3.63, 3.8) is 0 Å². The van der Waals surface area contributed by atoms with Gasteiger partial charge in [0.05, 0.1) is 6.07 Å². The average molecular weight is 207 g/mol. The lowest BCUT2D eigenvalue weighted by Gasteiger charge is -2.30. The topological polar surface area (TPSA) is 81.2 Å². The highest BCUT2D eigenvalue weighted by Crippen LogP contribution is 2.12. The predicted molar refractivity (Wildman–Crippen MR) is 51.1 cm³/mol. The van der Waals surface area contributed by atoms with Crippen molar-refractivity contribution in [2.75, 3.05) is 13.1 Å². The Morgan fingerprint density at radius 1 is 1.47 bits per heavy atom. The van der Waals surface area contributed by atoms with E-state index in [1.54, 1.807) is 11.9 Å². The Hall–Kier alpha value is -1.85. The molecule has 0 saturated carbocycles. The zero-order valence-corrected chi connectivity index (χ0v) is 8.36. The largest absolute Gasteiger partial charge is 0.364 e. The highest BCUT2D eigenvalue weighted by molar-refractivity contribution is 5.97. The number of nitrogens with two attached hydrogens (primary N) is 1. The Morgan fingerprint density at radius 3 is 2.53 bits per heavy atom. The summed E-state index contributed by atoms with van der Waals surface area (Å²) in [6, 6.07) is 2.62. The number of nitrogens with zero attached hydrogens (tertiary/aromatic N) is 3. The van der Waals surface area contributed by atoms with Crippen LogP contribution in [0, 0.1) is 6.07 Å². The fourth-order valence-corrected chi connectivity index (χ4v) is 1.39. The number of aromatic nitrogens is 2. The van der Waals surface area contributed by atoms with E-state index < -0.39 is 5.91 Å². The molecule has 1 aliphatic rings. The molecule has 1 aromatic rings. The summed E-state index contributed by atoms with van der Waals surface area (Å²) in [7, 11) is 1.59. The normalized spacial score (nSPS) is 14.9. The maximum absolute atomic E-state index is 11.8. The van der Waals surface area contributed by atoms with Crippen molar-refractivity contribution in [3.8, 4) is 0 Å². The molecule has 1 saturated heterocycles. The minimum absolute atomic E-state index is 0.00127. The molecule has 1 aromatic heterocycles. The molecule has 0 unspecified atom stereocenters. The molecule has 15 heavy (non-hydrogen) atoms. The lowest BCUT2D eigenvalue weighted by molar-refractivity contribution is 0.0640. The van der Waals surface area contributed by atoms with Crippen molar-refractivity contribution in [1.82, 2.24) is 14.7 Å². The van der Waals surface area contributed by atoms with Gasteiger partial charge in [-0.05, 0) is 6.42 Å². The van der Waals surface area contributed by atoms with E-state index in [1.807, 2.05) is 0 Å². The van der Waals surface area contributed by atoms with Gasteiger partial charge in [0, 0.05) is 20.1 Å². The van der Waals surface area contributed by atoms with Gasteiger partial charge in [0.2, 0.25) is 0 Å². The van der Waals surface area contributed by atoms with Crippen molar-refractivity contribution < 1.29 is 9.59 Å². The molecule has 0 atom stereocenters. The maximum Gasteiger partial charge on any atom is 0.272 e. The van der Waals surface area contributed by atoms with Crippen molar-refractivity contribution in [2.45, 2.75) is 6.42 Å². The summed E-state index contributed by atoms with van der Waals surface area (Å²) < 4.78 is 1.33. The smallest absolute Gasteiger partial charge is 0.272 e. The molecule has 2 rings (SSSR count). The van der Waals surface area contributed by atoms with E-state index >= 15 is 0 Å². The molecule has 6 nitrogen and oxygen atoms in total. The van der Waals surface area contributed by atoms with Gasteiger partial charge < -0.3 is 10.6 Å². The second kappa shape index (κ2) is 3.38. The third-order valence-corrected chi connectivity index (χ3v) is 2.39. The summed E-state index contributed by atoms with van der Waals surface area (Å²) in [5, 5.41) is 3.81. The van der Waals surface area contributed by atoms with Crippen LogP contribution < -0.4 is 5.73 Å². The third-order valence-electron chi connectivity index (χ3n) is 2.39. The Morgan fingerprint density at radius 2 is 2.13 bits per heavy atom. The number of amides is 2. The van der Waals surface area contributed by atoms with Gasteiger partial charge in [0.1, 0.15) is 5.69 Å². The predicted octanol–water partition coefficient (Wildman–Crippen LogP) is -0.835. The van der Waals surface area contributed by atoms with E-state index in [1.165, 1.54) is 4.68 Å². The lowest BCUT2D eigenvalue weighted by Crippen LogP contribution is -2.42. The van der Waals surface area contributed by atoms with Crippen LogP contribution in [-0.2, 0) is 7.05 Å². The molecule has 6 heteroatoms. The van der Waals surface area contributed by atoms with E-state index in [-0.39, 0.29) is 17.3 Å². The van der Waals surface area contributed by atoms with Gasteiger partial charge in [-0.25, -0.2) is 0 Å². The molecule has 2 N–H and O–H groups in total. The van der Waals surface area contributed by atoms with Crippen LogP contribution in [0.4, 0.5) is 0 Å². The summed E-state index contributed by atoms with van der Waals surface area (Å²) in [6.07, 6.45) is 1.02. The molecule has 0 aromatic carbocycles. The van der Waals surface area contributed by atoms with Gasteiger partial charge in [-0.2, -0.15) is 5.10 Å². The number of aryl methyl sites for hydroxylation is 1. The van der Waals surface area contributed by atoms with E-state index in [2.05, 4.69) is 11.2 Å². The minimum atomic E-state index is -0.673. The van der Waals surface area contributed by atoms with Crippen molar-refractivity contribution in [2.24, 2.45) is 12.8 Å². The van der Waals surface area contributed by atoms with Crippen LogP contribution in [-0.4, -0.2) is 39.6 Å². The molecule has 0 spiro atoms. The quantitative estimate of drug-likeness (QED) is 0.686. The summed E-state index contributed by atoms with van der Waals surface area (Å²) in [5.74, 6) is -0.822. The molecular formula is C9H11N4O2. The number of primary amides is 1. The maximum atomic E-state index is 11.8. The third kappa shape index (κ3) is 1.58. The first kappa shape index (κ1) is 9.70. The highest BCUT2D eigenvalue weighted by atomic mass is 16.2. The first-order valence-corrected chi connectivity index (χ1v) is 4.65. The molecule has 1 radical (unpaired) electrons. The molecule has 79 valence electrons. The molecule has 0 bridgehead atoms. The van der Waals surface area contributed by atoms with E-state index in [0.29, 0.717) is 0 Å². The van der Waals surface area contributed by atoms with E-state index in [4.69, 9.17) is 5.73 Å². The van der Waals surface area contributed by atoms with Gasteiger partial charge >= 0.3 is 0 Å². The van der Waals surface area contributed by atoms with Gasteiger partial charge in [-0.1, -0.05) is 0 Å². The number of rotatable bonds is 2. The van der Waals surface area contributed by atoms with Crippen molar-refractivity contribution in [3.05, 3.63) is 17.5 Å². The van der Waals surface area contributed by atoms with Crippen molar-refractivity contribution in [1.29, 1.82) is 0 Å². The second-order valence-electron chi connectivity index (χ2n) is 3.46. The van der Waals surface area contributed by atoms with Gasteiger partial charge in [-0.3, -0.25) is 14.3 Å². The minimum Gasteiger partial charge on any atom is -0.364 e. The fraction of sp³-hybridized carbons (Fsp3) is 0.444. The van der Waals surface area contributed by atoms with Crippen LogP contribution in [0.15, 0.2) is 0 Å². The first-order chi connectivity index (χ1) is 7.09. The Balaban J connectivity index is 2.27. The number of carbonyl (C=O) groups excluding carboxylic acids is 2. The van der Waals surface area contributed by atoms with E-state index in [0.717, 1.165) is 19.5 Å². The van der Waals surface area contributed by atoms with Crippen molar-refractivity contribution >= 4 is 11.8 Å². The van der Waals surface area contributed by atoms with Crippen LogP contribution >= 0.6 is 0 Å². The zero-order valence-electron chi connectivity index (χ0n) is 8.36. The fourth-order valence-electron chi connectivity index (χ4n) is 1.39. The molecule has 0 aliphatic carbocycles. The first-order valence-electron chi connectivity index (χ1n) is 4.65. The summed E-state index contributed by atoms with van der Waals surface area (Å²) in [5.41, 5.74) is 5.33.